The van der Waals surface area contributed by atoms with Gasteiger partial charge in [0, 0.05) is 97.5 Å². The quantitative estimate of drug-likeness (QED) is 0.0126. The fourth-order valence-electron chi connectivity index (χ4n) is 14.4. The van der Waals surface area contributed by atoms with Crippen molar-refractivity contribution in [3.8, 4) is 5.75 Å². The van der Waals surface area contributed by atoms with E-state index in [1.165, 1.54) is 73.3 Å². The first kappa shape index (κ1) is 64.5. The maximum absolute atomic E-state index is 15.1. The lowest BCUT2D eigenvalue weighted by atomic mass is 9.64. The maximum Gasteiger partial charge on any atom is 0.278 e. The number of anilines is 1. The van der Waals surface area contributed by atoms with Crippen LogP contribution < -0.4 is 41.5 Å². The van der Waals surface area contributed by atoms with E-state index in [9.17, 15) is 34.4 Å². The fraction of sp³-hybridized carbons (Fsp3) is 0.486. The number of nitro groups is 1. The van der Waals surface area contributed by atoms with Gasteiger partial charge in [-0.3, -0.25) is 39.3 Å². The van der Waals surface area contributed by atoms with Crippen LogP contribution in [0, 0.1) is 10.1 Å². The summed E-state index contributed by atoms with van der Waals surface area (Å²) < 4.78 is 8.95. The number of amides is 5. The summed E-state index contributed by atoms with van der Waals surface area (Å²) in [4.78, 5) is 83.6. The lowest BCUT2D eigenvalue weighted by molar-refractivity contribution is -0.386. The summed E-state index contributed by atoms with van der Waals surface area (Å²) in [6, 6.07) is 23.9. The van der Waals surface area contributed by atoms with Crippen molar-refractivity contribution >= 4 is 46.5 Å². The van der Waals surface area contributed by atoms with Crippen LogP contribution in [0.1, 0.15) is 221 Å². The first-order valence-electron chi connectivity index (χ1n) is 31.5. The molecule has 468 valence electrons. The molecule has 0 saturated carbocycles. The molecule has 0 spiro atoms. The van der Waals surface area contributed by atoms with E-state index in [0.717, 1.165) is 68.9 Å². The van der Waals surface area contributed by atoms with Crippen LogP contribution in [0.2, 0.25) is 0 Å². The Kier molecular flexibility index (Phi) is 18.8. The molecule has 3 heterocycles. The molecular weight excluding hydrogens is 1110 g/mol. The van der Waals surface area contributed by atoms with Gasteiger partial charge in [-0.05, 0) is 185 Å². The second-order valence-corrected chi connectivity index (χ2v) is 26.1. The second kappa shape index (κ2) is 25.6. The van der Waals surface area contributed by atoms with Crippen LogP contribution in [0.5, 0.6) is 5.75 Å². The van der Waals surface area contributed by atoms with Gasteiger partial charge < -0.3 is 35.6 Å². The van der Waals surface area contributed by atoms with Crippen molar-refractivity contribution in [2.75, 3.05) is 51.2 Å². The number of carbonyl (C=O) groups excluding carboxylic acids is 5. The predicted octanol–water partition coefficient (Wildman–Crippen LogP) is 9.28. The molecule has 4 aliphatic rings. The monoisotopic (exact) mass is 1200 g/mol. The third-order valence-electron chi connectivity index (χ3n) is 19.4. The highest BCUT2D eigenvalue weighted by molar-refractivity contribution is 6.02. The van der Waals surface area contributed by atoms with Crippen LogP contribution in [-0.2, 0) is 38.1 Å². The SMILES string of the molecule is CCN1c2cc3c(cc2C(C)CC1(C)C)C(c1ccccc1C(=O)N(C)CCCC(=O)NC(C)(CC)c1ccc(C(C)OC(C)(CC)C(=O)NCCCNC(=O)c2ccc(C(=O)NO)c(O)c2)c([N+](=O)[O-])c1)=c1cc2c4c(c1C3(C)C)CCC[N+]=4CCC2. The number of nitro benzene ring substituents is 1. The summed E-state index contributed by atoms with van der Waals surface area (Å²) in [6.07, 6.45) is 5.86. The van der Waals surface area contributed by atoms with Gasteiger partial charge in [0.05, 0.1) is 27.7 Å². The molecule has 0 aromatic heterocycles. The van der Waals surface area contributed by atoms with Gasteiger partial charge in [0.15, 0.2) is 0 Å². The summed E-state index contributed by atoms with van der Waals surface area (Å²) in [7, 11) is 1.80. The van der Waals surface area contributed by atoms with E-state index in [0.29, 0.717) is 42.9 Å². The number of nitrogens with one attached hydrogen (secondary N) is 4. The van der Waals surface area contributed by atoms with Crippen molar-refractivity contribution in [3.63, 3.8) is 0 Å². The molecule has 18 heteroatoms. The zero-order valence-corrected chi connectivity index (χ0v) is 53.4. The van der Waals surface area contributed by atoms with Crippen molar-refractivity contribution in [3.05, 3.63) is 166 Å². The number of phenols is 1. The Morgan fingerprint density at radius 2 is 1.59 bits per heavy atom. The molecular formula is C70H89N8O10+. The van der Waals surface area contributed by atoms with E-state index < -0.39 is 45.6 Å². The Balaban J connectivity index is 0.881. The molecule has 3 aliphatic heterocycles. The number of ether oxygens (including phenoxy) is 1. The number of aromatic hydroxyl groups is 1. The molecule has 4 atom stereocenters. The number of nitrogens with zero attached hydrogens (tertiary/aromatic N) is 4. The van der Waals surface area contributed by atoms with Gasteiger partial charge in [-0.15, -0.1) is 0 Å². The van der Waals surface area contributed by atoms with Crippen molar-refractivity contribution in [1.29, 1.82) is 0 Å². The van der Waals surface area contributed by atoms with E-state index in [1.54, 1.807) is 44.9 Å². The Hall–Kier alpha value is -7.96. The first-order chi connectivity index (χ1) is 41.7. The van der Waals surface area contributed by atoms with Gasteiger partial charge in [-0.25, -0.2) is 10.1 Å². The molecule has 0 radical (unpaired) electrons. The predicted molar refractivity (Wildman–Crippen MR) is 341 cm³/mol. The van der Waals surface area contributed by atoms with Crippen LogP contribution in [0.15, 0.2) is 78.9 Å². The fourth-order valence-corrected chi connectivity index (χ4v) is 14.4. The van der Waals surface area contributed by atoms with Crippen LogP contribution >= 0.6 is 0 Å². The zero-order chi connectivity index (χ0) is 63.8. The summed E-state index contributed by atoms with van der Waals surface area (Å²) in [5.74, 6) is -2.44. The van der Waals surface area contributed by atoms with Crippen LogP contribution in [0.25, 0.3) is 5.57 Å². The van der Waals surface area contributed by atoms with Crippen LogP contribution in [0.3, 0.4) is 0 Å². The largest absolute Gasteiger partial charge is 0.507 e. The van der Waals surface area contributed by atoms with Gasteiger partial charge in [0.25, 0.3) is 29.3 Å². The third-order valence-corrected chi connectivity index (χ3v) is 19.4. The lowest BCUT2D eigenvalue weighted by Crippen LogP contribution is -2.50. The van der Waals surface area contributed by atoms with Gasteiger partial charge in [-0.2, -0.15) is 0 Å². The molecule has 1 aliphatic carbocycles. The second-order valence-electron chi connectivity index (χ2n) is 26.1. The molecule has 0 fully saturated rings. The molecule has 4 unspecified atom stereocenters. The molecule has 0 bridgehead atoms. The minimum Gasteiger partial charge on any atom is -0.507 e. The summed E-state index contributed by atoms with van der Waals surface area (Å²) in [6.45, 7) is 26.6. The third kappa shape index (κ3) is 12.3. The topological polar surface area (TPSA) is 236 Å². The first-order valence-corrected chi connectivity index (χ1v) is 31.5. The van der Waals surface area contributed by atoms with Gasteiger partial charge in [-0.1, -0.05) is 58.9 Å². The minimum absolute atomic E-state index is 0.00600. The van der Waals surface area contributed by atoms with Crippen molar-refractivity contribution < 1.29 is 43.9 Å². The summed E-state index contributed by atoms with van der Waals surface area (Å²) >= 11 is 0. The number of carbonyl (C=O) groups is 5. The number of hydroxylamine groups is 1. The Labute approximate surface area is 516 Å². The van der Waals surface area contributed by atoms with Crippen molar-refractivity contribution in [2.45, 2.75) is 174 Å². The van der Waals surface area contributed by atoms with Crippen molar-refractivity contribution in [1.82, 2.24) is 30.9 Å². The minimum atomic E-state index is -1.39. The number of hydrogen-bond donors (Lipinski definition) is 6. The average Bonchev–Trinajstić information content (AvgIpc) is 0.725. The number of phenolic OH excluding ortho intramolecular Hbond substituents is 1. The number of hydrogen-bond acceptors (Lipinski definition) is 11. The van der Waals surface area contributed by atoms with E-state index in [1.807, 2.05) is 32.0 Å². The van der Waals surface area contributed by atoms with Gasteiger partial charge >= 0.3 is 0 Å². The number of aryl methyl sites for hydroxylation is 1. The maximum atomic E-state index is 15.1. The lowest BCUT2D eigenvalue weighted by Gasteiger charge is -2.48. The number of benzene rings is 5. The normalized spacial score (nSPS) is 17.8. The Morgan fingerprint density at radius 1 is 0.875 bits per heavy atom. The van der Waals surface area contributed by atoms with E-state index in [-0.39, 0.29) is 71.1 Å². The molecule has 5 amide bonds. The molecule has 0 saturated heterocycles. The summed E-state index contributed by atoms with van der Waals surface area (Å²) in [5, 5.41) is 43.1. The molecule has 6 N–H and O–H groups in total. The number of fused-ring (bicyclic) bond motifs is 4. The van der Waals surface area contributed by atoms with Crippen molar-refractivity contribution in [2.24, 2.45) is 0 Å². The van der Waals surface area contributed by atoms with Gasteiger partial charge in [0.2, 0.25) is 11.3 Å². The zero-order valence-electron chi connectivity index (χ0n) is 53.4. The molecule has 9 rings (SSSR count). The molecule has 5 aromatic carbocycles. The van der Waals surface area contributed by atoms with Crippen LogP contribution in [0.4, 0.5) is 11.4 Å². The highest BCUT2D eigenvalue weighted by Gasteiger charge is 2.44. The van der Waals surface area contributed by atoms with E-state index >= 15 is 4.79 Å². The smallest absolute Gasteiger partial charge is 0.278 e. The number of rotatable bonds is 22. The summed E-state index contributed by atoms with van der Waals surface area (Å²) in [5.41, 5.74) is 11.1. The molecule has 5 aromatic rings. The Morgan fingerprint density at radius 3 is 2.27 bits per heavy atom. The molecule has 18 nitrogen and oxygen atoms in total. The van der Waals surface area contributed by atoms with E-state index in [4.69, 9.17) is 9.94 Å². The van der Waals surface area contributed by atoms with Crippen LogP contribution in [-0.4, -0.2) is 107 Å². The van der Waals surface area contributed by atoms with Gasteiger partial charge in [0.1, 0.15) is 24.4 Å². The standard InChI is InChI=1S/C70H88N8O10/c1-13-69(10,46-28-30-47(57(38-46)78(86)87)43(5)88-70(11,14-2)66(84)72-32-21-31-71-63(81)45-27-29-50(58(79)37-45)64(82)74-85)73-59(80)26-20-33-75(12)65(83)49-24-17-16-23-48(49)60-53-39-52-42(4)41-67(6,7)77(15-3)56(52)40-55(53)68(8,9)61-51-25-19-35-76-34-18-22-44(62(51)76)36-54(60)61/h16-17,23-24,27-30,36-40,42-43H,13-15,18-22,25-26,31-35,41H2,1-12H3,(H5-,71,72,73,74,79,80,81,82,84,85)/p+1. The average molecular weight is 1200 g/mol. The highest BCUT2D eigenvalue weighted by atomic mass is 16.6. The van der Waals surface area contributed by atoms with E-state index in [2.05, 4.69) is 91.2 Å². The highest BCUT2D eigenvalue weighted by Crippen LogP contribution is 2.50. The Bertz CT molecular complexity index is 3740. The molecule has 88 heavy (non-hydrogen) atoms.